The van der Waals surface area contributed by atoms with Gasteiger partial charge in [0.05, 0.1) is 5.56 Å². The molecule has 0 spiro atoms. The van der Waals surface area contributed by atoms with Gasteiger partial charge in [-0.25, -0.2) is 9.18 Å². The second-order valence-corrected chi connectivity index (χ2v) is 4.89. The number of rotatable bonds is 3. The van der Waals surface area contributed by atoms with Crippen LogP contribution in [-0.4, -0.2) is 18.7 Å². The first kappa shape index (κ1) is 13.4. The van der Waals surface area contributed by atoms with Gasteiger partial charge in [-0.2, -0.15) is 0 Å². The first-order chi connectivity index (χ1) is 10.1. The Morgan fingerprint density at radius 2 is 2.14 bits per heavy atom. The van der Waals surface area contributed by atoms with Gasteiger partial charge < -0.3 is 15.2 Å². The van der Waals surface area contributed by atoms with Gasteiger partial charge in [-0.05, 0) is 29.8 Å². The molecule has 108 valence electrons. The van der Waals surface area contributed by atoms with Crippen molar-refractivity contribution < 1.29 is 18.7 Å². The van der Waals surface area contributed by atoms with E-state index in [0.29, 0.717) is 12.1 Å². The van der Waals surface area contributed by atoms with Crippen molar-refractivity contribution in [1.82, 2.24) is 0 Å². The Balaban J connectivity index is 1.61. The maximum atomic E-state index is 13.5. The van der Waals surface area contributed by atoms with E-state index in [4.69, 9.17) is 15.2 Å². The molecule has 0 radical (unpaired) electrons. The van der Waals surface area contributed by atoms with E-state index in [1.165, 1.54) is 12.1 Å². The number of carbonyl (C=O) groups excluding carboxylic acids is 1. The normalized spacial score (nSPS) is 16.1. The number of hydrogen-bond donors (Lipinski definition) is 1. The zero-order valence-electron chi connectivity index (χ0n) is 11.2. The molecule has 1 atom stereocenters. The Bertz CT molecular complexity index is 662. The van der Waals surface area contributed by atoms with Crippen molar-refractivity contribution in [3.63, 3.8) is 0 Å². The molecule has 2 N–H and O–H groups in total. The van der Waals surface area contributed by atoms with E-state index in [1.54, 1.807) is 0 Å². The molecule has 0 saturated carbocycles. The second-order valence-electron chi connectivity index (χ2n) is 4.89. The smallest absolute Gasteiger partial charge is 0.341 e. The van der Waals surface area contributed by atoms with Crippen LogP contribution in [0, 0.1) is 5.82 Å². The lowest BCUT2D eigenvalue weighted by molar-refractivity contribution is 0.0342. The summed E-state index contributed by atoms with van der Waals surface area (Å²) < 4.78 is 24.3. The van der Waals surface area contributed by atoms with Gasteiger partial charge in [0.25, 0.3) is 0 Å². The van der Waals surface area contributed by atoms with Crippen LogP contribution in [0.15, 0.2) is 42.5 Å². The number of esters is 1. The van der Waals surface area contributed by atoms with E-state index in [0.717, 1.165) is 17.4 Å². The second kappa shape index (κ2) is 5.44. The number of fused-ring (bicyclic) bond motifs is 1. The van der Waals surface area contributed by atoms with Gasteiger partial charge in [-0.1, -0.05) is 18.2 Å². The van der Waals surface area contributed by atoms with Crippen molar-refractivity contribution >= 4 is 11.7 Å². The van der Waals surface area contributed by atoms with Crippen molar-refractivity contribution in [3.8, 4) is 5.75 Å². The fraction of sp³-hybridized carbons (Fsp3) is 0.188. The number of nitrogen functional groups attached to an aromatic ring is 1. The standard InChI is InChI=1S/C16H14FNO3/c17-14-6-5-11(18)8-13(14)16(19)20-9-12-7-10-3-1-2-4-15(10)21-12/h1-6,8,12H,7,9,18H2. The fourth-order valence-corrected chi connectivity index (χ4v) is 2.29. The summed E-state index contributed by atoms with van der Waals surface area (Å²) in [6, 6.07) is 11.5. The summed E-state index contributed by atoms with van der Waals surface area (Å²) in [7, 11) is 0. The van der Waals surface area contributed by atoms with Crippen LogP contribution in [0.2, 0.25) is 0 Å². The van der Waals surface area contributed by atoms with Crippen LogP contribution in [0.3, 0.4) is 0 Å². The highest BCUT2D eigenvalue weighted by Crippen LogP contribution is 2.28. The first-order valence-corrected chi connectivity index (χ1v) is 6.60. The third-order valence-electron chi connectivity index (χ3n) is 3.32. The maximum Gasteiger partial charge on any atom is 0.341 e. The van der Waals surface area contributed by atoms with E-state index in [1.807, 2.05) is 24.3 Å². The lowest BCUT2D eigenvalue weighted by Crippen LogP contribution is -2.23. The minimum Gasteiger partial charge on any atom is -0.486 e. The molecule has 0 saturated heterocycles. The van der Waals surface area contributed by atoms with Crippen LogP contribution in [-0.2, 0) is 11.2 Å². The van der Waals surface area contributed by atoms with Gasteiger partial charge in [0, 0.05) is 12.1 Å². The molecular formula is C16H14FNO3. The molecule has 1 unspecified atom stereocenters. The van der Waals surface area contributed by atoms with Crippen LogP contribution < -0.4 is 10.5 Å². The van der Waals surface area contributed by atoms with Gasteiger partial charge in [0.15, 0.2) is 0 Å². The molecule has 0 fully saturated rings. The van der Waals surface area contributed by atoms with Crippen LogP contribution in [0.5, 0.6) is 5.75 Å². The number of ether oxygens (including phenoxy) is 2. The quantitative estimate of drug-likeness (QED) is 0.696. The third-order valence-corrected chi connectivity index (χ3v) is 3.32. The topological polar surface area (TPSA) is 61.6 Å². The van der Waals surface area contributed by atoms with E-state index >= 15 is 0 Å². The summed E-state index contributed by atoms with van der Waals surface area (Å²) >= 11 is 0. The molecule has 2 aromatic carbocycles. The Labute approximate surface area is 121 Å². The van der Waals surface area contributed by atoms with Crippen molar-refractivity contribution in [2.45, 2.75) is 12.5 Å². The van der Waals surface area contributed by atoms with Crippen LogP contribution >= 0.6 is 0 Å². The number of carbonyl (C=O) groups is 1. The average Bonchev–Trinajstić information content (AvgIpc) is 2.90. The molecule has 5 heteroatoms. The number of anilines is 1. The van der Waals surface area contributed by atoms with Gasteiger partial charge in [0.2, 0.25) is 0 Å². The monoisotopic (exact) mass is 287 g/mol. The van der Waals surface area contributed by atoms with Crippen LogP contribution in [0.25, 0.3) is 0 Å². The Kier molecular flexibility index (Phi) is 3.48. The average molecular weight is 287 g/mol. The van der Waals surface area contributed by atoms with Crippen LogP contribution in [0.1, 0.15) is 15.9 Å². The maximum absolute atomic E-state index is 13.5. The Morgan fingerprint density at radius 3 is 2.95 bits per heavy atom. The molecule has 0 amide bonds. The molecule has 2 aromatic rings. The lowest BCUT2D eigenvalue weighted by atomic mass is 10.1. The zero-order chi connectivity index (χ0) is 14.8. The van der Waals surface area contributed by atoms with Crippen molar-refractivity contribution in [2.24, 2.45) is 0 Å². The summed E-state index contributed by atoms with van der Waals surface area (Å²) in [5, 5.41) is 0. The fourth-order valence-electron chi connectivity index (χ4n) is 2.29. The number of benzene rings is 2. The van der Waals surface area contributed by atoms with E-state index in [-0.39, 0.29) is 18.3 Å². The highest BCUT2D eigenvalue weighted by molar-refractivity contribution is 5.90. The highest BCUT2D eigenvalue weighted by atomic mass is 19.1. The predicted octanol–water partition coefficient (Wildman–Crippen LogP) is 2.57. The molecule has 0 aromatic heterocycles. The molecule has 0 aliphatic carbocycles. The summed E-state index contributed by atoms with van der Waals surface area (Å²) in [6.45, 7) is 0.0712. The minimum atomic E-state index is -0.737. The molecule has 21 heavy (non-hydrogen) atoms. The van der Waals surface area contributed by atoms with Crippen molar-refractivity contribution in [2.75, 3.05) is 12.3 Å². The predicted molar refractivity (Wildman–Crippen MR) is 75.7 cm³/mol. The van der Waals surface area contributed by atoms with Crippen molar-refractivity contribution in [3.05, 3.63) is 59.4 Å². The summed E-state index contributed by atoms with van der Waals surface area (Å²) in [4.78, 5) is 11.9. The zero-order valence-corrected chi connectivity index (χ0v) is 11.2. The van der Waals surface area contributed by atoms with Crippen molar-refractivity contribution in [1.29, 1.82) is 0 Å². The van der Waals surface area contributed by atoms with E-state index < -0.39 is 11.8 Å². The number of halogens is 1. The summed E-state index contributed by atoms with van der Waals surface area (Å²) in [5.41, 5.74) is 6.77. The summed E-state index contributed by atoms with van der Waals surface area (Å²) in [6.07, 6.45) is 0.429. The van der Waals surface area contributed by atoms with Gasteiger partial charge in [-0.3, -0.25) is 0 Å². The first-order valence-electron chi connectivity index (χ1n) is 6.60. The lowest BCUT2D eigenvalue weighted by Gasteiger charge is -2.11. The summed E-state index contributed by atoms with van der Waals surface area (Å²) in [5.74, 6) is -0.585. The number of para-hydroxylation sites is 1. The molecular weight excluding hydrogens is 273 g/mol. The SMILES string of the molecule is Nc1ccc(F)c(C(=O)OCC2Cc3ccccc3O2)c1. The largest absolute Gasteiger partial charge is 0.486 e. The molecule has 3 rings (SSSR count). The molecule has 0 bridgehead atoms. The van der Waals surface area contributed by atoms with Gasteiger partial charge in [-0.15, -0.1) is 0 Å². The molecule has 4 nitrogen and oxygen atoms in total. The molecule has 1 aliphatic heterocycles. The third kappa shape index (κ3) is 2.81. The van der Waals surface area contributed by atoms with E-state index in [2.05, 4.69) is 0 Å². The number of nitrogens with two attached hydrogens (primary N) is 1. The molecule has 1 aliphatic rings. The van der Waals surface area contributed by atoms with Gasteiger partial charge in [0.1, 0.15) is 24.3 Å². The molecule has 1 heterocycles. The van der Waals surface area contributed by atoms with Crippen LogP contribution in [0.4, 0.5) is 10.1 Å². The Hall–Kier alpha value is -2.56. The Morgan fingerprint density at radius 1 is 1.33 bits per heavy atom. The highest BCUT2D eigenvalue weighted by Gasteiger charge is 2.24. The van der Waals surface area contributed by atoms with E-state index in [9.17, 15) is 9.18 Å². The van der Waals surface area contributed by atoms with Gasteiger partial charge >= 0.3 is 5.97 Å². The number of hydrogen-bond acceptors (Lipinski definition) is 4. The minimum absolute atomic E-state index is 0.0712.